The van der Waals surface area contributed by atoms with Gasteiger partial charge in [0.1, 0.15) is 12.4 Å². The van der Waals surface area contributed by atoms with Gasteiger partial charge in [0.25, 0.3) is 0 Å². The summed E-state index contributed by atoms with van der Waals surface area (Å²) in [6.07, 6.45) is 5.33. The molecule has 1 saturated heterocycles. The molecule has 0 spiro atoms. The van der Waals surface area contributed by atoms with Crippen molar-refractivity contribution in [3.8, 4) is 0 Å². The highest BCUT2D eigenvalue weighted by Gasteiger charge is 2.26. The fourth-order valence-corrected chi connectivity index (χ4v) is 3.68. The lowest BCUT2D eigenvalue weighted by molar-refractivity contribution is -0.0391. The fourth-order valence-electron chi connectivity index (χ4n) is 2.85. The molecule has 0 amide bonds. The number of thiazole rings is 1. The average Bonchev–Trinajstić information content (AvgIpc) is 3.22. The largest absolute Gasteiger partial charge is 0.368 e. The Morgan fingerprint density at radius 1 is 1.39 bits per heavy atom. The highest BCUT2D eigenvalue weighted by atomic mass is 32.1. The number of aryl methyl sites for hydroxylation is 2. The molecule has 1 aliphatic rings. The average molecular weight is 335 g/mol. The van der Waals surface area contributed by atoms with Crippen LogP contribution in [0.1, 0.15) is 49.3 Å². The van der Waals surface area contributed by atoms with Crippen molar-refractivity contribution < 1.29 is 4.74 Å². The zero-order valence-corrected chi connectivity index (χ0v) is 14.8. The van der Waals surface area contributed by atoms with Crippen LogP contribution in [0.3, 0.4) is 0 Å². The van der Waals surface area contributed by atoms with Crippen LogP contribution in [0, 0.1) is 0 Å². The molecule has 0 bridgehead atoms. The number of hydrogen-bond acceptors (Lipinski definition) is 6. The van der Waals surface area contributed by atoms with E-state index in [0.717, 1.165) is 45.0 Å². The Bertz CT molecular complexity index is 611. The van der Waals surface area contributed by atoms with Crippen LogP contribution in [0.5, 0.6) is 0 Å². The molecule has 0 unspecified atom stereocenters. The van der Waals surface area contributed by atoms with E-state index in [4.69, 9.17) is 9.72 Å². The number of hydrogen-bond donors (Lipinski definition) is 0. The summed E-state index contributed by atoms with van der Waals surface area (Å²) in [5.41, 5.74) is 1.18. The third kappa shape index (κ3) is 4.16. The molecule has 0 N–H and O–H groups in total. The molecule has 7 heteroatoms. The second-order valence-electron chi connectivity index (χ2n) is 5.91. The maximum atomic E-state index is 5.91. The van der Waals surface area contributed by atoms with Gasteiger partial charge in [-0.3, -0.25) is 4.90 Å². The van der Waals surface area contributed by atoms with Crippen molar-refractivity contribution >= 4 is 11.3 Å². The first kappa shape index (κ1) is 16.5. The summed E-state index contributed by atoms with van der Waals surface area (Å²) in [6.45, 7) is 8.60. The molecular weight excluding hydrogens is 310 g/mol. The first-order valence-electron chi connectivity index (χ1n) is 8.45. The Morgan fingerprint density at radius 2 is 2.30 bits per heavy atom. The summed E-state index contributed by atoms with van der Waals surface area (Å²) >= 11 is 1.79. The summed E-state index contributed by atoms with van der Waals surface area (Å²) in [7, 11) is 0. The summed E-state index contributed by atoms with van der Waals surface area (Å²) in [4.78, 5) is 7.17. The van der Waals surface area contributed by atoms with Gasteiger partial charge in [-0.15, -0.1) is 21.5 Å². The molecule has 2 aromatic heterocycles. The lowest BCUT2D eigenvalue weighted by Gasteiger charge is -2.31. The normalized spacial score (nSPS) is 19.3. The summed E-state index contributed by atoms with van der Waals surface area (Å²) in [5, 5.41) is 11.7. The van der Waals surface area contributed by atoms with Gasteiger partial charge < -0.3 is 9.30 Å². The Kier molecular flexibility index (Phi) is 5.75. The Labute approximate surface area is 141 Å². The van der Waals surface area contributed by atoms with Crippen LogP contribution in [0.15, 0.2) is 11.7 Å². The van der Waals surface area contributed by atoms with E-state index in [2.05, 4.69) is 38.9 Å². The highest BCUT2D eigenvalue weighted by Crippen LogP contribution is 2.22. The van der Waals surface area contributed by atoms with Gasteiger partial charge in [-0.25, -0.2) is 4.98 Å². The summed E-state index contributed by atoms with van der Waals surface area (Å²) < 4.78 is 7.96. The zero-order chi connectivity index (χ0) is 16.1. The SMILES string of the molecule is CCCCc1nc(CN2CCO[C@@H](c3nncn3CC)C2)cs1. The maximum Gasteiger partial charge on any atom is 0.163 e. The number of ether oxygens (including phenoxy) is 1. The van der Waals surface area contributed by atoms with Crippen molar-refractivity contribution in [1.29, 1.82) is 0 Å². The molecule has 1 fully saturated rings. The van der Waals surface area contributed by atoms with Crippen molar-refractivity contribution in [3.63, 3.8) is 0 Å². The number of morpholine rings is 1. The van der Waals surface area contributed by atoms with E-state index in [-0.39, 0.29) is 6.10 Å². The topological polar surface area (TPSA) is 56.1 Å². The van der Waals surface area contributed by atoms with Gasteiger partial charge in [0.15, 0.2) is 5.82 Å². The van der Waals surface area contributed by atoms with E-state index in [1.54, 1.807) is 17.7 Å². The second kappa shape index (κ2) is 7.99. The van der Waals surface area contributed by atoms with Crippen molar-refractivity contribution in [2.45, 2.75) is 52.3 Å². The smallest absolute Gasteiger partial charge is 0.163 e. The molecule has 1 atom stereocenters. The van der Waals surface area contributed by atoms with Gasteiger partial charge in [-0.05, 0) is 19.8 Å². The van der Waals surface area contributed by atoms with Crippen LogP contribution >= 0.6 is 11.3 Å². The van der Waals surface area contributed by atoms with Gasteiger partial charge in [0.2, 0.25) is 0 Å². The van der Waals surface area contributed by atoms with Gasteiger partial charge >= 0.3 is 0 Å². The molecule has 3 heterocycles. The molecule has 23 heavy (non-hydrogen) atoms. The van der Waals surface area contributed by atoms with Gasteiger partial charge in [0, 0.05) is 31.6 Å². The van der Waals surface area contributed by atoms with Crippen LogP contribution in [0.2, 0.25) is 0 Å². The lowest BCUT2D eigenvalue weighted by atomic mass is 10.2. The van der Waals surface area contributed by atoms with Gasteiger partial charge in [0.05, 0.1) is 17.3 Å². The van der Waals surface area contributed by atoms with Crippen LogP contribution in [-0.2, 0) is 24.2 Å². The van der Waals surface area contributed by atoms with E-state index in [9.17, 15) is 0 Å². The summed E-state index contributed by atoms with van der Waals surface area (Å²) in [5.74, 6) is 0.930. The minimum absolute atomic E-state index is 0.00407. The van der Waals surface area contributed by atoms with E-state index < -0.39 is 0 Å². The predicted molar refractivity (Wildman–Crippen MR) is 90.4 cm³/mol. The molecule has 126 valence electrons. The molecule has 1 aliphatic heterocycles. The monoisotopic (exact) mass is 335 g/mol. The standard InChI is InChI=1S/C16H25N5OS/c1-3-5-6-15-18-13(11-23-15)9-20-7-8-22-14(10-20)16-19-17-12-21(16)4-2/h11-12,14H,3-10H2,1-2H3/t14-/m1/s1. The molecule has 0 radical (unpaired) electrons. The molecule has 3 rings (SSSR count). The minimum Gasteiger partial charge on any atom is -0.368 e. The van der Waals surface area contributed by atoms with Crippen molar-refractivity contribution in [3.05, 3.63) is 28.2 Å². The Hall–Kier alpha value is -1.31. The first-order chi connectivity index (χ1) is 11.3. The summed E-state index contributed by atoms with van der Waals surface area (Å²) in [6, 6.07) is 0. The van der Waals surface area contributed by atoms with Crippen molar-refractivity contribution in [2.75, 3.05) is 19.7 Å². The van der Waals surface area contributed by atoms with Crippen LogP contribution < -0.4 is 0 Å². The van der Waals surface area contributed by atoms with Gasteiger partial charge in [-0.2, -0.15) is 0 Å². The number of unbranched alkanes of at least 4 members (excludes halogenated alkanes) is 1. The maximum absolute atomic E-state index is 5.91. The molecule has 2 aromatic rings. The number of rotatable bonds is 7. The number of nitrogens with zero attached hydrogens (tertiary/aromatic N) is 5. The fraction of sp³-hybridized carbons (Fsp3) is 0.688. The second-order valence-corrected chi connectivity index (χ2v) is 6.85. The van der Waals surface area contributed by atoms with E-state index in [0.29, 0.717) is 0 Å². The third-order valence-corrected chi connectivity index (χ3v) is 5.11. The van der Waals surface area contributed by atoms with Crippen LogP contribution in [0.4, 0.5) is 0 Å². The van der Waals surface area contributed by atoms with Crippen LogP contribution in [0.25, 0.3) is 0 Å². The quantitative estimate of drug-likeness (QED) is 0.778. The van der Waals surface area contributed by atoms with E-state index in [1.165, 1.54) is 23.5 Å². The van der Waals surface area contributed by atoms with Crippen LogP contribution in [-0.4, -0.2) is 44.3 Å². The Morgan fingerprint density at radius 3 is 3.13 bits per heavy atom. The Balaban J connectivity index is 1.59. The number of aromatic nitrogens is 4. The molecule has 0 aliphatic carbocycles. The third-order valence-electron chi connectivity index (χ3n) is 4.15. The van der Waals surface area contributed by atoms with Crippen molar-refractivity contribution in [2.24, 2.45) is 0 Å². The molecule has 0 aromatic carbocycles. The van der Waals surface area contributed by atoms with Crippen molar-refractivity contribution in [1.82, 2.24) is 24.6 Å². The minimum atomic E-state index is 0.00407. The first-order valence-corrected chi connectivity index (χ1v) is 9.33. The molecule has 6 nitrogen and oxygen atoms in total. The van der Waals surface area contributed by atoms with E-state index in [1.807, 2.05) is 0 Å². The van der Waals surface area contributed by atoms with Gasteiger partial charge in [-0.1, -0.05) is 13.3 Å². The predicted octanol–water partition coefficient (Wildman–Crippen LogP) is 2.67. The molecule has 0 saturated carbocycles. The van der Waals surface area contributed by atoms with E-state index >= 15 is 0 Å². The lowest BCUT2D eigenvalue weighted by Crippen LogP contribution is -2.38. The molecular formula is C16H25N5OS. The zero-order valence-electron chi connectivity index (χ0n) is 13.9. The highest BCUT2D eigenvalue weighted by molar-refractivity contribution is 7.09.